The molecule has 60 heavy (non-hydrogen) atoms. The number of aliphatic imine (C=N–C) groups is 1. The SMILES string of the molecule is CC[C@H]1CN(c2ccc(N3CCN(C(=O)CO)CC3)c(F)c2)C(=O)O1.CC[C@H]1CN(c2ccc(N3CCN(C(=O)COC(=O)NC)CC3)c(F)c2)C(=O)O1.CN=C=O.[Cl][Cu]. The van der Waals surface area contributed by atoms with Crippen LogP contribution in [0.25, 0.3) is 0 Å². The third-order valence-corrected chi connectivity index (χ3v) is 9.85. The van der Waals surface area contributed by atoms with Gasteiger partial charge in [0.05, 0.1) is 35.8 Å². The van der Waals surface area contributed by atoms with Gasteiger partial charge < -0.3 is 44.2 Å². The van der Waals surface area contributed by atoms with Gasteiger partial charge in [0.2, 0.25) is 12.0 Å². The van der Waals surface area contributed by atoms with E-state index >= 15 is 0 Å². The van der Waals surface area contributed by atoms with E-state index in [1.165, 1.54) is 42.1 Å². The number of alkyl carbamates (subject to hydrolysis) is 1. The summed E-state index contributed by atoms with van der Waals surface area (Å²) in [6, 6.07) is 9.39. The van der Waals surface area contributed by atoms with E-state index in [0.29, 0.717) is 94.6 Å². The van der Waals surface area contributed by atoms with Crippen LogP contribution in [0.15, 0.2) is 41.4 Å². The summed E-state index contributed by atoms with van der Waals surface area (Å²) in [4.78, 5) is 80.0. The maximum atomic E-state index is 14.7. The van der Waals surface area contributed by atoms with Crippen LogP contribution in [0.5, 0.6) is 0 Å². The first-order valence-corrected chi connectivity index (χ1v) is 20.3. The molecule has 0 bridgehead atoms. The second-order valence-corrected chi connectivity index (χ2v) is 13.4. The monoisotopic (exact) mass is 914 g/mol. The Bertz CT molecular complexity index is 1830. The second-order valence-electron chi connectivity index (χ2n) is 13.4. The first-order chi connectivity index (χ1) is 28.9. The molecule has 2 aromatic rings. The van der Waals surface area contributed by atoms with Gasteiger partial charge in [-0.1, -0.05) is 13.8 Å². The third-order valence-electron chi connectivity index (χ3n) is 9.85. The van der Waals surface area contributed by atoms with E-state index in [9.17, 15) is 32.8 Å². The number of carbonyl (C=O) groups is 5. The van der Waals surface area contributed by atoms with Crippen LogP contribution in [-0.4, -0.2) is 156 Å². The number of amides is 5. The number of nitrogens with one attached hydrogen (secondary N) is 1. The number of hydrogen-bond donors (Lipinski definition) is 2. The van der Waals surface area contributed by atoms with E-state index in [1.54, 1.807) is 34.1 Å². The van der Waals surface area contributed by atoms with Crippen LogP contribution in [0.3, 0.4) is 0 Å². The first kappa shape index (κ1) is 49.2. The fraction of sp³-hybridized carbons (Fsp3) is 0.526. The average molecular weight is 916 g/mol. The van der Waals surface area contributed by atoms with Crippen molar-refractivity contribution in [2.75, 3.05) is 112 Å². The molecule has 0 aliphatic carbocycles. The van der Waals surface area contributed by atoms with Crippen molar-refractivity contribution in [2.45, 2.75) is 38.9 Å². The number of nitrogens with zero attached hydrogens (tertiary/aromatic N) is 7. The first-order valence-electron chi connectivity index (χ1n) is 19.0. The molecule has 18 nitrogen and oxygen atoms in total. The van der Waals surface area contributed by atoms with Crippen LogP contribution in [0, 0.1) is 11.6 Å². The predicted octanol–water partition coefficient (Wildman–Crippen LogP) is 3.41. The van der Waals surface area contributed by atoms with Crippen molar-refractivity contribution in [2.24, 2.45) is 4.99 Å². The molecule has 0 saturated carbocycles. The molecule has 2 atom stereocenters. The molecule has 2 aromatic carbocycles. The molecular weight excluding hydrogens is 865 g/mol. The molecule has 0 radical (unpaired) electrons. The van der Waals surface area contributed by atoms with Crippen molar-refractivity contribution in [1.29, 1.82) is 0 Å². The quantitative estimate of drug-likeness (QED) is 0.162. The zero-order valence-corrected chi connectivity index (χ0v) is 35.4. The topological polar surface area (TPSA) is 194 Å². The van der Waals surface area contributed by atoms with Gasteiger partial charge in [-0.3, -0.25) is 19.4 Å². The van der Waals surface area contributed by atoms with E-state index in [2.05, 4.69) is 35.5 Å². The molecule has 4 aliphatic heterocycles. The Labute approximate surface area is 359 Å². The molecule has 334 valence electrons. The van der Waals surface area contributed by atoms with Crippen molar-refractivity contribution < 1.29 is 72.0 Å². The second kappa shape index (κ2) is 24.8. The van der Waals surface area contributed by atoms with Crippen molar-refractivity contribution in [3.05, 3.63) is 48.0 Å². The summed E-state index contributed by atoms with van der Waals surface area (Å²) in [5.74, 6) is -1.44. The number of rotatable bonds is 9. The Morgan fingerprint density at radius 1 is 0.817 bits per heavy atom. The van der Waals surface area contributed by atoms with Gasteiger partial charge in [0.15, 0.2) is 6.61 Å². The van der Waals surface area contributed by atoms with Gasteiger partial charge in [-0.2, -0.15) is 0 Å². The normalized spacial score (nSPS) is 18.4. The van der Waals surface area contributed by atoms with E-state index in [0.717, 1.165) is 6.42 Å². The van der Waals surface area contributed by atoms with Gasteiger partial charge in [-0.15, -0.1) is 0 Å². The summed E-state index contributed by atoms with van der Waals surface area (Å²) in [7, 11) is 7.00. The average Bonchev–Trinajstić information content (AvgIpc) is 3.87. The molecule has 0 spiro atoms. The Kier molecular flexibility index (Phi) is 20.3. The number of carbonyl (C=O) groups excluding carboxylic acids is 6. The van der Waals surface area contributed by atoms with E-state index < -0.39 is 36.5 Å². The van der Waals surface area contributed by atoms with E-state index in [-0.39, 0.29) is 30.6 Å². The molecular formula is C38H50ClCuF2N8O10. The number of anilines is 4. The Morgan fingerprint density at radius 3 is 1.53 bits per heavy atom. The molecule has 5 amide bonds. The number of piperazine rings is 2. The van der Waals surface area contributed by atoms with Crippen molar-refractivity contribution in [3.63, 3.8) is 0 Å². The number of aliphatic hydroxyl groups is 1. The molecule has 0 unspecified atom stereocenters. The summed E-state index contributed by atoms with van der Waals surface area (Å²) in [5, 5.41) is 11.2. The van der Waals surface area contributed by atoms with Crippen LogP contribution in [-0.2, 0) is 43.7 Å². The summed E-state index contributed by atoms with van der Waals surface area (Å²) in [6.45, 7) is 7.43. The van der Waals surface area contributed by atoms with Crippen LogP contribution in [0.4, 0.5) is 45.9 Å². The summed E-state index contributed by atoms with van der Waals surface area (Å²) in [5.41, 5.74) is 1.81. The zero-order chi connectivity index (χ0) is 44.4. The van der Waals surface area contributed by atoms with Gasteiger partial charge in [0.1, 0.15) is 30.4 Å². The van der Waals surface area contributed by atoms with E-state index in [1.807, 2.05) is 23.6 Å². The molecule has 6 rings (SSSR count). The van der Waals surface area contributed by atoms with Gasteiger partial charge in [0, 0.05) is 66.5 Å². The number of halogens is 3. The van der Waals surface area contributed by atoms with Gasteiger partial charge >= 0.3 is 43.5 Å². The van der Waals surface area contributed by atoms with E-state index in [4.69, 9.17) is 24.1 Å². The van der Waals surface area contributed by atoms with Crippen LogP contribution in [0.2, 0.25) is 0 Å². The fourth-order valence-corrected chi connectivity index (χ4v) is 6.51. The van der Waals surface area contributed by atoms with Crippen molar-refractivity contribution in [3.8, 4) is 0 Å². The Morgan fingerprint density at radius 2 is 1.22 bits per heavy atom. The minimum atomic E-state index is -0.661. The Balaban J connectivity index is 0.000000286. The zero-order valence-electron chi connectivity index (χ0n) is 33.7. The summed E-state index contributed by atoms with van der Waals surface area (Å²) >= 11 is 3.66. The third kappa shape index (κ3) is 13.4. The van der Waals surface area contributed by atoms with Gasteiger partial charge in [-0.25, -0.2) is 33.0 Å². The maximum absolute atomic E-state index is 14.7. The van der Waals surface area contributed by atoms with Crippen molar-refractivity contribution >= 4 is 69.0 Å². The fourth-order valence-electron chi connectivity index (χ4n) is 6.51. The molecule has 4 aliphatic rings. The van der Waals surface area contributed by atoms with Crippen LogP contribution >= 0.6 is 10.1 Å². The Hall–Kier alpha value is -5.20. The molecule has 4 saturated heterocycles. The number of aliphatic hydroxyl groups excluding tert-OH is 1. The van der Waals surface area contributed by atoms with Crippen LogP contribution in [0.1, 0.15) is 26.7 Å². The molecule has 2 N–H and O–H groups in total. The van der Waals surface area contributed by atoms with Gasteiger partial charge in [-0.05, 0) is 49.2 Å². The standard InChI is InChI=1S/C19H25FN4O5.C17H22FN3O4.C2H3NO.ClH.Cu/c1-3-14-11-24(19(27)29-14)13-4-5-16(15(20)10-13)22-6-8-23(9-7-22)17(25)12-28-18(26)21-2;1-2-13-10-21(17(24)25-13)12-3-4-15(14(18)9-12)19-5-7-20(8-6-19)16(23)11-22;1-3-2-4;;/h4-5,10,14H,3,6-9,11-12H2,1-2H3,(H,21,26);3-4,9,13,22H,2,5-8,10-11H2,1H3;1H3;1H;/q;;;;+1/p-1/t14-;13-;;;/m00.../s1. The number of benzene rings is 2. The molecule has 4 fully saturated rings. The predicted molar refractivity (Wildman–Crippen MR) is 214 cm³/mol. The summed E-state index contributed by atoms with van der Waals surface area (Å²) in [6.07, 6.45) is 0.826. The minimum absolute atomic E-state index is 0.160. The number of isocyanates is 1. The van der Waals surface area contributed by atoms with Crippen LogP contribution < -0.4 is 24.9 Å². The number of cyclic esters (lactones) is 2. The van der Waals surface area contributed by atoms with Crippen molar-refractivity contribution in [1.82, 2.24) is 15.1 Å². The molecule has 22 heteroatoms. The molecule has 4 heterocycles. The number of hydrogen-bond acceptors (Lipinski definition) is 13. The number of ether oxygens (including phenoxy) is 3. The van der Waals surface area contributed by atoms with Gasteiger partial charge in [0.25, 0.3) is 5.91 Å². The summed E-state index contributed by atoms with van der Waals surface area (Å²) < 4.78 is 44.5. The molecule has 0 aromatic heterocycles.